The predicted molar refractivity (Wildman–Crippen MR) is 89.9 cm³/mol. The first kappa shape index (κ1) is 18.9. The summed E-state index contributed by atoms with van der Waals surface area (Å²) in [4.78, 5) is 36.9. The molecule has 0 aliphatic carbocycles. The van der Waals surface area contributed by atoms with Gasteiger partial charge < -0.3 is 9.30 Å². The molecule has 1 aromatic heterocycles. The summed E-state index contributed by atoms with van der Waals surface area (Å²) in [6, 6.07) is 5.77. The lowest BCUT2D eigenvalue weighted by Crippen LogP contribution is -2.27. The van der Waals surface area contributed by atoms with Gasteiger partial charge in [0.2, 0.25) is 0 Å². The van der Waals surface area contributed by atoms with Gasteiger partial charge >= 0.3 is 12.1 Å². The number of hydrogen-bond donors (Lipinski definition) is 0. The molecule has 1 aliphatic rings. The molecule has 0 spiro atoms. The van der Waals surface area contributed by atoms with Crippen LogP contribution < -0.4 is 5.56 Å². The lowest BCUT2D eigenvalue weighted by atomic mass is 10.0. The zero-order chi connectivity index (χ0) is 19.8. The molecule has 3 rings (SSSR count). The van der Waals surface area contributed by atoms with Gasteiger partial charge in [-0.2, -0.15) is 13.2 Å². The summed E-state index contributed by atoms with van der Waals surface area (Å²) in [5, 5.41) is 0. The van der Waals surface area contributed by atoms with Gasteiger partial charge in [-0.05, 0) is 30.7 Å². The van der Waals surface area contributed by atoms with Gasteiger partial charge in [-0.3, -0.25) is 9.59 Å². The quantitative estimate of drug-likeness (QED) is 0.765. The Hall–Kier alpha value is -2.90. The number of rotatable bonds is 4. The van der Waals surface area contributed by atoms with Gasteiger partial charge in [0.25, 0.3) is 5.56 Å². The Morgan fingerprint density at radius 1 is 1.19 bits per heavy atom. The molecule has 8 heteroatoms. The van der Waals surface area contributed by atoms with Crippen LogP contribution in [0.2, 0.25) is 0 Å². The largest absolute Gasteiger partial charge is 0.462 e. The number of fused-ring (bicyclic) bond motifs is 1. The third-order valence-electron chi connectivity index (χ3n) is 4.36. The highest BCUT2D eigenvalue weighted by molar-refractivity contribution is 6.06. The second-order valence-corrected chi connectivity index (χ2v) is 6.15. The first-order chi connectivity index (χ1) is 12.7. The van der Waals surface area contributed by atoms with Crippen molar-refractivity contribution >= 4 is 11.8 Å². The molecule has 0 unspecified atom stereocenters. The minimum atomic E-state index is -4.44. The number of ether oxygens (including phenoxy) is 1. The van der Waals surface area contributed by atoms with Gasteiger partial charge in [-0.1, -0.05) is 12.1 Å². The van der Waals surface area contributed by atoms with Crippen molar-refractivity contribution in [2.45, 2.75) is 32.5 Å². The van der Waals surface area contributed by atoms with Crippen LogP contribution in [-0.2, 0) is 23.9 Å². The molecule has 0 atom stereocenters. The van der Waals surface area contributed by atoms with Crippen molar-refractivity contribution in [1.82, 2.24) is 4.57 Å². The van der Waals surface area contributed by atoms with Gasteiger partial charge in [-0.15, -0.1) is 0 Å². The first-order valence-electron chi connectivity index (χ1n) is 8.35. The Morgan fingerprint density at radius 3 is 2.44 bits per heavy atom. The zero-order valence-corrected chi connectivity index (χ0v) is 14.4. The second kappa shape index (κ2) is 7.02. The summed E-state index contributed by atoms with van der Waals surface area (Å²) in [5.41, 5.74) is -0.454. The smallest absolute Gasteiger partial charge is 0.416 e. The van der Waals surface area contributed by atoms with Crippen LogP contribution >= 0.6 is 0 Å². The van der Waals surface area contributed by atoms with Crippen molar-refractivity contribution in [2.24, 2.45) is 0 Å². The average molecular weight is 379 g/mol. The number of nitrogens with zero attached hydrogens (tertiary/aromatic N) is 1. The van der Waals surface area contributed by atoms with Crippen LogP contribution in [0, 0.1) is 0 Å². The molecule has 0 saturated heterocycles. The molecule has 0 radical (unpaired) electrons. The van der Waals surface area contributed by atoms with Crippen molar-refractivity contribution in [3.8, 4) is 0 Å². The molecular weight excluding hydrogens is 363 g/mol. The number of ketones is 1. The third kappa shape index (κ3) is 3.65. The molecule has 27 heavy (non-hydrogen) atoms. The van der Waals surface area contributed by atoms with E-state index >= 15 is 0 Å². The van der Waals surface area contributed by atoms with E-state index in [1.54, 1.807) is 6.92 Å². The van der Waals surface area contributed by atoms with E-state index in [0.717, 1.165) is 12.1 Å². The SMILES string of the molecule is CCOC(=O)c1cc(Cc2ccc(C(F)(F)F)cc2)c(=O)n2c1C(=O)CC2. The van der Waals surface area contributed by atoms with E-state index in [0.29, 0.717) is 5.56 Å². The fourth-order valence-corrected chi connectivity index (χ4v) is 3.09. The number of carbonyl (C=O) groups excluding carboxylic acids is 2. The van der Waals surface area contributed by atoms with Crippen LogP contribution in [0.1, 0.15) is 50.9 Å². The summed E-state index contributed by atoms with van der Waals surface area (Å²) in [7, 11) is 0. The lowest BCUT2D eigenvalue weighted by molar-refractivity contribution is -0.137. The van der Waals surface area contributed by atoms with E-state index in [2.05, 4.69) is 0 Å². The fourth-order valence-electron chi connectivity index (χ4n) is 3.09. The van der Waals surface area contributed by atoms with Gasteiger partial charge in [-0.25, -0.2) is 4.79 Å². The molecule has 0 fully saturated rings. The molecule has 0 N–H and O–H groups in total. The molecule has 0 amide bonds. The van der Waals surface area contributed by atoms with E-state index < -0.39 is 23.3 Å². The maximum absolute atomic E-state index is 12.7. The Kier molecular flexibility index (Phi) is 4.91. The van der Waals surface area contributed by atoms with Crippen LogP contribution in [-0.4, -0.2) is 22.9 Å². The molecule has 142 valence electrons. The number of carbonyl (C=O) groups is 2. The van der Waals surface area contributed by atoms with Gasteiger partial charge in [0.05, 0.1) is 17.7 Å². The number of benzene rings is 1. The molecule has 1 aliphatic heterocycles. The molecule has 0 bridgehead atoms. The van der Waals surface area contributed by atoms with Crippen LogP contribution in [0.3, 0.4) is 0 Å². The normalized spacial score (nSPS) is 13.6. The molecule has 2 aromatic rings. The van der Waals surface area contributed by atoms with Crippen LogP contribution in [0.25, 0.3) is 0 Å². The molecular formula is C19H16F3NO4. The minimum Gasteiger partial charge on any atom is -0.462 e. The van der Waals surface area contributed by atoms with Gasteiger partial charge in [0, 0.05) is 24.9 Å². The number of halogens is 3. The van der Waals surface area contributed by atoms with E-state index in [9.17, 15) is 27.6 Å². The summed E-state index contributed by atoms with van der Waals surface area (Å²) in [5.74, 6) is -1.01. The van der Waals surface area contributed by atoms with Crippen molar-refractivity contribution in [2.75, 3.05) is 6.61 Å². The highest BCUT2D eigenvalue weighted by Gasteiger charge is 2.31. The number of pyridine rings is 1. The Labute approximate surface area is 152 Å². The van der Waals surface area contributed by atoms with Crippen molar-refractivity contribution < 1.29 is 27.5 Å². The van der Waals surface area contributed by atoms with Crippen LogP contribution in [0.15, 0.2) is 35.1 Å². The molecule has 0 saturated carbocycles. The van der Waals surface area contributed by atoms with Crippen LogP contribution in [0.4, 0.5) is 13.2 Å². The number of hydrogen-bond acceptors (Lipinski definition) is 4. The van der Waals surface area contributed by atoms with Crippen molar-refractivity contribution in [1.29, 1.82) is 0 Å². The Balaban J connectivity index is 2.01. The predicted octanol–water partition coefficient (Wildman–Crippen LogP) is 3.22. The monoisotopic (exact) mass is 379 g/mol. The standard InChI is InChI=1S/C19H16F3NO4/c1-2-27-18(26)14-10-12(17(25)23-8-7-15(24)16(14)23)9-11-3-5-13(6-4-11)19(20,21)22/h3-6,10H,2,7-9H2,1H3. The number of esters is 1. The van der Waals surface area contributed by atoms with Crippen LogP contribution in [0.5, 0.6) is 0 Å². The average Bonchev–Trinajstić information content (AvgIpc) is 2.99. The summed E-state index contributed by atoms with van der Waals surface area (Å²) in [6.45, 7) is 1.90. The Bertz CT molecular complexity index is 959. The van der Waals surface area contributed by atoms with E-state index in [1.807, 2.05) is 0 Å². The van der Waals surface area contributed by atoms with Gasteiger partial charge in [0.15, 0.2) is 5.78 Å². The Morgan fingerprint density at radius 2 is 1.85 bits per heavy atom. The molecule has 1 aromatic carbocycles. The number of aromatic nitrogens is 1. The highest BCUT2D eigenvalue weighted by atomic mass is 19.4. The minimum absolute atomic E-state index is 0.0147. The summed E-state index contributed by atoms with van der Waals surface area (Å²) < 4.78 is 44.2. The summed E-state index contributed by atoms with van der Waals surface area (Å²) in [6.07, 6.45) is -4.29. The molecule has 2 heterocycles. The topological polar surface area (TPSA) is 65.4 Å². The third-order valence-corrected chi connectivity index (χ3v) is 4.36. The fraction of sp³-hybridized carbons (Fsp3) is 0.316. The highest BCUT2D eigenvalue weighted by Crippen LogP contribution is 2.29. The second-order valence-electron chi connectivity index (χ2n) is 6.15. The van der Waals surface area contributed by atoms with Crippen molar-refractivity contribution in [3.05, 3.63) is 68.6 Å². The number of alkyl halides is 3. The van der Waals surface area contributed by atoms with Gasteiger partial charge in [0.1, 0.15) is 5.69 Å². The van der Waals surface area contributed by atoms with E-state index in [4.69, 9.17) is 4.74 Å². The number of Topliss-reactive ketones (excluding diaryl/α,β-unsaturated/α-hetero) is 1. The van der Waals surface area contributed by atoms with E-state index in [-0.39, 0.29) is 48.6 Å². The van der Waals surface area contributed by atoms with E-state index in [1.165, 1.54) is 22.8 Å². The first-order valence-corrected chi connectivity index (χ1v) is 8.35. The molecule has 5 nitrogen and oxygen atoms in total. The zero-order valence-electron chi connectivity index (χ0n) is 14.4. The maximum atomic E-state index is 12.7. The summed E-state index contributed by atoms with van der Waals surface area (Å²) >= 11 is 0. The van der Waals surface area contributed by atoms with Crippen molar-refractivity contribution in [3.63, 3.8) is 0 Å². The maximum Gasteiger partial charge on any atom is 0.416 e. The lowest BCUT2D eigenvalue weighted by Gasteiger charge is -2.12.